The van der Waals surface area contributed by atoms with E-state index in [-0.39, 0.29) is 0 Å². The van der Waals surface area contributed by atoms with E-state index in [1.165, 1.54) is 73.7 Å². The van der Waals surface area contributed by atoms with E-state index in [1.807, 2.05) is 22.7 Å². The van der Waals surface area contributed by atoms with E-state index in [2.05, 4.69) is 193 Å². The molecule has 0 saturated carbocycles. The quantitative estimate of drug-likeness (QED) is 0.168. The third kappa shape index (κ3) is 5.21. The first-order valence-electron chi connectivity index (χ1n) is 17.3. The van der Waals surface area contributed by atoms with Crippen molar-refractivity contribution < 1.29 is 0 Å². The molecule has 0 bridgehead atoms. The molecule has 0 aliphatic carbocycles. The molecule has 0 radical (unpaired) electrons. The van der Waals surface area contributed by atoms with Crippen molar-refractivity contribution in [2.45, 2.75) is 0 Å². The van der Waals surface area contributed by atoms with Gasteiger partial charge in [0.2, 0.25) is 0 Å². The van der Waals surface area contributed by atoms with Crippen LogP contribution in [0.2, 0.25) is 0 Å². The van der Waals surface area contributed by atoms with Crippen LogP contribution in [-0.4, -0.2) is 0 Å². The first-order chi connectivity index (χ1) is 25.3. The average molecular weight is 686 g/mol. The van der Waals surface area contributed by atoms with Gasteiger partial charge in [0.05, 0.1) is 0 Å². The van der Waals surface area contributed by atoms with Crippen LogP contribution in [0.25, 0.3) is 73.7 Å². The largest absolute Gasteiger partial charge is 0.310 e. The van der Waals surface area contributed by atoms with Crippen molar-refractivity contribution >= 4 is 80.1 Å². The van der Waals surface area contributed by atoms with Gasteiger partial charge in [0, 0.05) is 57.4 Å². The Kier molecular flexibility index (Phi) is 7.26. The summed E-state index contributed by atoms with van der Waals surface area (Å²) in [5.74, 6) is 0. The molecule has 0 aliphatic heterocycles. The summed E-state index contributed by atoms with van der Waals surface area (Å²) in [5.41, 5.74) is 10.7. The van der Waals surface area contributed by atoms with Gasteiger partial charge in [0.15, 0.2) is 0 Å². The highest BCUT2D eigenvalue weighted by Crippen LogP contribution is 2.48. The Hall–Kier alpha value is -6.00. The molecule has 0 fully saturated rings. The van der Waals surface area contributed by atoms with Crippen LogP contribution >= 0.6 is 22.7 Å². The molecule has 51 heavy (non-hydrogen) atoms. The Morgan fingerprint density at radius 3 is 1.45 bits per heavy atom. The first-order valence-corrected chi connectivity index (χ1v) is 18.9. The van der Waals surface area contributed by atoms with Gasteiger partial charge in [0.1, 0.15) is 0 Å². The number of rotatable bonds is 6. The third-order valence-electron chi connectivity index (χ3n) is 9.88. The van der Waals surface area contributed by atoms with E-state index in [4.69, 9.17) is 0 Å². The lowest BCUT2D eigenvalue weighted by Crippen LogP contribution is -2.10. The average Bonchev–Trinajstić information content (AvgIpc) is 3.78. The van der Waals surface area contributed by atoms with Crippen molar-refractivity contribution in [1.29, 1.82) is 0 Å². The van der Waals surface area contributed by atoms with Gasteiger partial charge >= 0.3 is 0 Å². The van der Waals surface area contributed by atoms with Gasteiger partial charge in [-0.15, -0.1) is 22.7 Å². The minimum absolute atomic E-state index is 1.12. The second-order valence-electron chi connectivity index (χ2n) is 12.9. The molecule has 10 aromatic rings. The first kappa shape index (κ1) is 29.9. The van der Waals surface area contributed by atoms with Gasteiger partial charge in [-0.1, -0.05) is 127 Å². The van der Waals surface area contributed by atoms with Crippen molar-refractivity contribution in [1.82, 2.24) is 0 Å². The van der Waals surface area contributed by atoms with E-state index in [1.54, 1.807) is 0 Å². The number of thiophene rings is 2. The maximum atomic E-state index is 2.38. The summed E-state index contributed by atoms with van der Waals surface area (Å²) in [5, 5.41) is 5.43. The molecule has 240 valence electrons. The van der Waals surface area contributed by atoms with Gasteiger partial charge in [-0.3, -0.25) is 0 Å². The Balaban J connectivity index is 1.14. The van der Waals surface area contributed by atoms with Gasteiger partial charge in [0.25, 0.3) is 0 Å². The molecule has 8 aromatic carbocycles. The van der Waals surface area contributed by atoms with Crippen LogP contribution in [0.4, 0.5) is 17.1 Å². The Labute approximate surface area is 304 Å². The van der Waals surface area contributed by atoms with Crippen molar-refractivity contribution in [2.24, 2.45) is 0 Å². The lowest BCUT2D eigenvalue weighted by atomic mass is 9.96. The molecule has 0 aliphatic rings. The molecule has 3 heteroatoms. The predicted molar refractivity (Wildman–Crippen MR) is 223 cm³/mol. The van der Waals surface area contributed by atoms with Crippen LogP contribution in [0.1, 0.15) is 0 Å². The number of fused-ring (bicyclic) bond motifs is 7. The third-order valence-corrected chi connectivity index (χ3v) is 12.1. The van der Waals surface area contributed by atoms with Gasteiger partial charge < -0.3 is 4.90 Å². The zero-order valence-electron chi connectivity index (χ0n) is 27.7. The molecule has 0 saturated heterocycles. The minimum atomic E-state index is 1.12. The molecule has 0 atom stereocenters. The summed E-state index contributed by atoms with van der Waals surface area (Å²) in [6.07, 6.45) is 0. The highest BCUT2D eigenvalue weighted by atomic mass is 32.1. The summed E-state index contributed by atoms with van der Waals surface area (Å²) in [6.45, 7) is 0. The number of hydrogen-bond acceptors (Lipinski definition) is 3. The van der Waals surface area contributed by atoms with Crippen LogP contribution in [-0.2, 0) is 0 Å². The zero-order chi connectivity index (χ0) is 33.7. The summed E-state index contributed by atoms with van der Waals surface area (Å²) in [4.78, 5) is 2.38. The maximum absolute atomic E-state index is 2.38. The monoisotopic (exact) mass is 685 g/mol. The molecule has 0 spiro atoms. The minimum Gasteiger partial charge on any atom is -0.310 e. The maximum Gasteiger partial charge on any atom is 0.0467 e. The van der Waals surface area contributed by atoms with Crippen molar-refractivity contribution in [2.75, 3.05) is 4.90 Å². The Bertz CT molecular complexity index is 2750. The fourth-order valence-electron chi connectivity index (χ4n) is 7.49. The number of anilines is 3. The van der Waals surface area contributed by atoms with Crippen LogP contribution in [0.3, 0.4) is 0 Å². The van der Waals surface area contributed by atoms with E-state index in [0.29, 0.717) is 0 Å². The van der Waals surface area contributed by atoms with Crippen molar-refractivity contribution in [3.05, 3.63) is 188 Å². The number of hydrogen-bond donors (Lipinski definition) is 0. The van der Waals surface area contributed by atoms with Gasteiger partial charge in [-0.2, -0.15) is 0 Å². The predicted octanol–water partition coefficient (Wildman–Crippen LogP) is 14.9. The lowest BCUT2D eigenvalue weighted by Gasteiger charge is -2.26. The number of benzene rings is 8. The molecule has 0 amide bonds. The van der Waals surface area contributed by atoms with Crippen LogP contribution in [0.5, 0.6) is 0 Å². The molecule has 10 rings (SSSR count). The standard InChI is InChI=1S/C48H31NS2/c1-3-11-32(12-4-1)34-21-25-37(26-22-34)49(38-27-23-35(24-28-38)33-13-5-2-6-14-33)39-16-9-15-36(31-39)40-18-10-20-43-46(40)48-45(51-43)30-29-44-47(48)41-17-7-8-19-42(41)50-44/h1-31H. The SMILES string of the molecule is c1ccc(-c2ccc(N(c3ccc(-c4ccccc4)cc3)c3cccc(-c4cccc5sc6ccc7sc8ccccc8c7c6c45)c3)cc2)cc1. The van der Waals surface area contributed by atoms with Gasteiger partial charge in [-0.25, -0.2) is 0 Å². The number of nitrogens with zero attached hydrogens (tertiary/aromatic N) is 1. The molecule has 1 nitrogen and oxygen atoms in total. The van der Waals surface area contributed by atoms with E-state index in [0.717, 1.165) is 17.1 Å². The Morgan fingerprint density at radius 2 is 0.784 bits per heavy atom. The Morgan fingerprint density at radius 1 is 0.294 bits per heavy atom. The second kappa shape index (κ2) is 12.4. The second-order valence-corrected chi connectivity index (χ2v) is 15.1. The molecular formula is C48H31NS2. The highest BCUT2D eigenvalue weighted by Gasteiger charge is 2.19. The normalized spacial score (nSPS) is 11.5. The van der Waals surface area contributed by atoms with E-state index < -0.39 is 0 Å². The van der Waals surface area contributed by atoms with Gasteiger partial charge in [-0.05, 0) is 94.0 Å². The smallest absolute Gasteiger partial charge is 0.0467 e. The van der Waals surface area contributed by atoms with E-state index >= 15 is 0 Å². The lowest BCUT2D eigenvalue weighted by molar-refractivity contribution is 1.28. The highest BCUT2D eigenvalue weighted by molar-refractivity contribution is 7.28. The van der Waals surface area contributed by atoms with Crippen molar-refractivity contribution in [3.8, 4) is 33.4 Å². The van der Waals surface area contributed by atoms with Crippen LogP contribution < -0.4 is 4.90 Å². The van der Waals surface area contributed by atoms with Crippen molar-refractivity contribution in [3.63, 3.8) is 0 Å². The van der Waals surface area contributed by atoms with Crippen LogP contribution in [0.15, 0.2) is 188 Å². The fourth-order valence-corrected chi connectivity index (χ4v) is 9.74. The molecule has 2 aromatic heterocycles. The summed E-state index contributed by atoms with van der Waals surface area (Å²) >= 11 is 3.78. The topological polar surface area (TPSA) is 3.24 Å². The molecule has 0 unspecified atom stereocenters. The summed E-state index contributed by atoms with van der Waals surface area (Å²) < 4.78 is 5.34. The van der Waals surface area contributed by atoms with E-state index in [9.17, 15) is 0 Å². The summed E-state index contributed by atoms with van der Waals surface area (Å²) in [7, 11) is 0. The molecular weight excluding hydrogens is 655 g/mol. The zero-order valence-corrected chi connectivity index (χ0v) is 29.3. The van der Waals surface area contributed by atoms with Crippen LogP contribution in [0, 0.1) is 0 Å². The molecule has 2 heterocycles. The fraction of sp³-hybridized carbons (Fsp3) is 0. The molecule has 0 N–H and O–H groups in total. The summed E-state index contributed by atoms with van der Waals surface area (Å²) in [6, 6.07) is 68.4.